The first-order valence-electron chi connectivity index (χ1n) is 6.53. The van der Waals surface area contributed by atoms with E-state index in [1.165, 1.54) is 12.1 Å². The number of ether oxygens (including phenoxy) is 2. The van der Waals surface area contributed by atoms with Crippen LogP contribution in [0.3, 0.4) is 0 Å². The predicted molar refractivity (Wildman–Crippen MR) is 73.3 cm³/mol. The molecule has 0 saturated heterocycles. The topological polar surface area (TPSA) is 30.5 Å². The lowest BCUT2D eigenvalue weighted by atomic mass is 9.85. The second-order valence-corrected chi connectivity index (χ2v) is 5.14. The van der Waals surface area contributed by atoms with E-state index in [0.29, 0.717) is 11.8 Å². The number of halogens is 2. The normalized spacial score (nSPS) is 26.0. The average Bonchev–Trinajstić information content (AvgIpc) is 2.37. The highest BCUT2D eigenvalue weighted by Crippen LogP contribution is 2.30. The van der Waals surface area contributed by atoms with Crippen LogP contribution in [0.2, 0.25) is 5.02 Å². The lowest BCUT2D eigenvalue weighted by Crippen LogP contribution is -2.61. The van der Waals surface area contributed by atoms with Crippen LogP contribution in [0.4, 0.5) is 4.39 Å². The molecule has 19 heavy (non-hydrogen) atoms. The van der Waals surface area contributed by atoms with E-state index in [9.17, 15) is 4.39 Å². The van der Waals surface area contributed by atoms with Gasteiger partial charge in [0.25, 0.3) is 0 Å². The summed E-state index contributed by atoms with van der Waals surface area (Å²) in [6.07, 6.45) is 1.98. The van der Waals surface area contributed by atoms with Crippen LogP contribution in [-0.4, -0.2) is 31.9 Å². The first-order chi connectivity index (χ1) is 9.15. The molecule has 1 N–H and O–H groups in total. The highest BCUT2D eigenvalue weighted by atomic mass is 35.5. The molecule has 106 valence electrons. The molecule has 1 aromatic rings. The second kappa shape index (κ2) is 6.55. The molecule has 0 heterocycles. The monoisotopic (exact) mass is 287 g/mol. The summed E-state index contributed by atoms with van der Waals surface area (Å²) in [5.74, 6) is 0.140. The SMILES string of the molecule is CCCNC1CC(Oc2ccc(F)c(Cl)c2)C1OC. The molecular formula is C14H19ClFNO2. The molecule has 0 amide bonds. The van der Waals surface area contributed by atoms with Crippen molar-refractivity contribution in [2.75, 3.05) is 13.7 Å². The lowest BCUT2D eigenvalue weighted by molar-refractivity contribution is -0.0887. The minimum absolute atomic E-state index is 0.0131. The average molecular weight is 288 g/mol. The van der Waals surface area contributed by atoms with Crippen LogP contribution in [0, 0.1) is 5.82 Å². The van der Waals surface area contributed by atoms with Crippen molar-refractivity contribution in [3.05, 3.63) is 29.0 Å². The Kier molecular flexibility index (Phi) is 5.02. The fourth-order valence-electron chi connectivity index (χ4n) is 2.27. The van der Waals surface area contributed by atoms with Gasteiger partial charge < -0.3 is 14.8 Å². The molecule has 0 spiro atoms. The molecule has 1 fully saturated rings. The van der Waals surface area contributed by atoms with Gasteiger partial charge in [-0.05, 0) is 25.1 Å². The second-order valence-electron chi connectivity index (χ2n) is 4.73. The van der Waals surface area contributed by atoms with Crippen LogP contribution in [0.5, 0.6) is 5.75 Å². The minimum atomic E-state index is -0.437. The molecule has 3 unspecified atom stereocenters. The van der Waals surface area contributed by atoms with E-state index in [1.807, 2.05) is 0 Å². The van der Waals surface area contributed by atoms with Gasteiger partial charge in [-0.25, -0.2) is 4.39 Å². The van der Waals surface area contributed by atoms with Crippen molar-refractivity contribution in [3.63, 3.8) is 0 Å². The van der Waals surface area contributed by atoms with Gasteiger partial charge in [-0.3, -0.25) is 0 Å². The van der Waals surface area contributed by atoms with Gasteiger partial charge in [-0.2, -0.15) is 0 Å². The quantitative estimate of drug-likeness (QED) is 0.872. The predicted octanol–water partition coefficient (Wildman–Crippen LogP) is 3.01. The summed E-state index contributed by atoms with van der Waals surface area (Å²) < 4.78 is 24.3. The largest absolute Gasteiger partial charge is 0.488 e. The van der Waals surface area contributed by atoms with Crippen LogP contribution < -0.4 is 10.1 Å². The minimum Gasteiger partial charge on any atom is -0.488 e. The summed E-state index contributed by atoms with van der Waals surface area (Å²) in [4.78, 5) is 0. The number of hydrogen-bond acceptors (Lipinski definition) is 3. The Morgan fingerprint density at radius 1 is 1.47 bits per heavy atom. The fraction of sp³-hybridized carbons (Fsp3) is 0.571. The molecule has 0 bridgehead atoms. The highest BCUT2D eigenvalue weighted by molar-refractivity contribution is 6.30. The van der Waals surface area contributed by atoms with E-state index in [0.717, 1.165) is 19.4 Å². The highest BCUT2D eigenvalue weighted by Gasteiger charge is 2.42. The maximum atomic E-state index is 13.1. The number of nitrogens with one attached hydrogen (secondary N) is 1. The smallest absolute Gasteiger partial charge is 0.142 e. The third-order valence-corrected chi connectivity index (χ3v) is 3.65. The van der Waals surface area contributed by atoms with Gasteiger partial charge in [0, 0.05) is 25.6 Å². The summed E-state index contributed by atoms with van der Waals surface area (Å²) in [5, 5.41) is 3.49. The first-order valence-corrected chi connectivity index (χ1v) is 6.91. The van der Waals surface area contributed by atoms with E-state index >= 15 is 0 Å². The maximum Gasteiger partial charge on any atom is 0.142 e. The van der Waals surface area contributed by atoms with Crippen molar-refractivity contribution in [1.29, 1.82) is 0 Å². The lowest BCUT2D eigenvalue weighted by Gasteiger charge is -2.43. The molecule has 2 rings (SSSR count). The molecule has 1 aliphatic rings. The number of hydrogen-bond donors (Lipinski definition) is 1. The summed E-state index contributed by atoms with van der Waals surface area (Å²) in [6, 6.07) is 4.72. The number of methoxy groups -OCH3 is 1. The third-order valence-electron chi connectivity index (χ3n) is 3.36. The Morgan fingerprint density at radius 3 is 2.89 bits per heavy atom. The van der Waals surface area contributed by atoms with Crippen LogP contribution in [0.1, 0.15) is 19.8 Å². The van der Waals surface area contributed by atoms with Crippen molar-refractivity contribution in [2.45, 2.75) is 38.0 Å². The summed E-state index contributed by atoms with van der Waals surface area (Å²) >= 11 is 5.73. The zero-order valence-corrected chi connectivity index (χ0v) is 11.9. The summed E-state index contributed by atoms with van der Waals surface area (Å²) in [6.45, 7) is 3.10. The molecule has 0 aromatic heterocycles. The van der Waals surface area contributed by atoms with Crippen molar-refractivity contribution in [1.82, 2.24) is 5.32 Å². The molecular weight excluding hydrogens is 269 g/mol. The van der Waals surface area contributed by atoms with Gasteiger partial charge in [0.2, 0.25) is 0 Å². The van der Waals surface area contributed by atoms with Crippen LogP contribution >= 0.6 is 11.6 Å². The Hall–Kier alpha value is -0.840. The molecule has 3 atom stereocenters. The summed E-state index contributed by atoms with van der Waals surface area (Å²) in [7, 11) is 1.68. The van der Waals surface area contributed by atoms with Gasteiger partial charge in [0.1, 0.15) is 23.8 Å². The van der Waals surface area contributed by atoms with Gasteiger partial charge in [0.05, 0.1) is 5.02 Å². The molecule has 1 saturated carbocycles. The Bertz CT molecular complexity index is 430. The van der Waals surface area contributed by atoms with Gasteiger partial charge in [-0.1, -0.05) is 18.5 Å². The first kappa shape index (κ1) is 14.6. The van der Waals surface area contributed by atoms with Crippen LogP contribution in [0.15, 0.2) is 18.2 Å². The zero-order chi connectivity index (χ0) is 13.8. The number of benzene rings is 1. The molecule has 1 aliphatic carbocycles. The fourth-order valence-corrected chi connectivity index (χ4v) is 2.44. The Balaban J connectivity index is 1.91. The standard InChI is InChI=1S/C14H19ClFNO2/c1-3-6-17-12-8-13(14(12)18-2)19-9-4-5-11(16)10(15)7-9/h4-5,7,12-14,17H,3,6,8H2,1-2H3. The molecule has 3 nitrogen and oxygen atoms in total. The zero-order valence-electron chi connectivity index (χ0n) is 11.2. The van der Waals surface area contributed by atoms with Crippen molar-refractivity contribution >= 4 is 11.6 Å². The van der Waals surface area contributed by atoms with Gasteiger partial charge in [-0.15, -0.1) is 0 Å². The maximum absolute atomic E-state index is 13.1. The van der Waals surface area contributed by atoms with Crippen LogP contribution in [-0.2, 0) is 4.74 Å². The molecule has 0 aliphatic heterocycles. The molecule has 0 radical (unpaired) electrons. The van der Waals surface area contributed by atoms with E-state index in [-0.39, 0.29) is 17.2 Å². The number of rotatable bonds is 6. The van der Waals surface area contributed by atoms with E-state index in [1.54, 1.807) is 13.2 Å². The van der Waals surface area contributed by atoms with Crippen molar-refractivity contribution in [3.8, 4) is 5.75 Å². The van der Waals surface area contributed by atoms with Gasteiger partial charge in [0.15, 0.2) is 0 Å². The Labute approximate surface area is 118 Å². The van der Waals surface area contributed by atoms with Gasteiger partial charge >= 0.3 is 0 Å². The molecule has 5 heteroatoms. The van der Waals surface area contributed by atoms with Crippen molar-refractivity contribution in [2.24, 2.45) is 0 Å². The van der Waals surface area contributed by atoms with E-state index in [4.69, 9.17) is 21.1 Å². The third kappa shape index (κ3) is 3.38. The van der Waals surface area contributed by atoms with E-state index < -0.39 is 5.82 Å². The summed E-state index contributed by atoms with van der Waals surface area (Å²) in [5.41, 5.74) is 0. The van der Waals surface area contributed by atoms with E-state index in [2.05, 4.69) is 12.2 Å². The Morgan fingerprint density at radius 2 is 2.26 bits per heavy atom. The van der Waals surface area contributed by atoms with Crippen LogP contribution in [0.25, 0.3) is 0 Å². The molecule has 1 aromatic carbocycles. The van der Waals surface area contributed by atoms with Crippen molar-refractivity contribution < 1.29 is 13.9 Å².